The molecule has 1 heterocycles. The second kappa shape index (κ2) is 8.22. The van der Waals surface area contributed by atoms with Crippen LogP contribution in [-0.2, 0) is 10.2 Å². The molecular weight excluding hydrogens is 368 g/mol. The summed E-state index contributed by atoms with van der Waals surface area (Å²) in [5.41, 5.74) is 1.89. The molecule has 6 nitrogen and oxygen atoms in total. The number of carbonyl (C=O) groups is 2. The predicted molar refractivity (Wildman–Crippen MR) is 109 cm³/mol. The van der Waals surface area contributed by atoms with Crippen LogP contribution < -0.4 is 15.4 Å². The molecule has 148 valence electrons. The lowest BCUT2D eigenvalue weighted by molar-refractivity contribution is -0.123. The SMILES string of the molecule is O=C(COc1cccc(NC(=O)c2ccco2)c1)NCC1(c2ccccc2)CC1. The molecule has 0 radical (unpaired) electrons. The summed E-state index contributed by atoms with van der Waals surface area (Å²) >= 11 is 0. The van der Waals surface area contributed by atoms with Gasteiger partial charge in [0.15, 0.2) is 12.4 Å². The second-order valence-corrected chi connectivity index (χ2v) is 7.17. The van der Waals surface area contributed by atoms with Crippen molar-refractivity contribution in [2.45, 2.75) is 18.3 Å². The van der Waals surface area contributed by atoms with Crippen LogP contribution in [0, 0.1) is 0 Å². The van der Waals surface area contributed by atoms with Crippen molar-refractivity contribution >= 4 is 17.5 Å². The molecule has 3 aromatic rings. The van der Waals surface area contributed by atoms with Crippen LogP contribution in [0.1, 0.15) is 29.0 Å². The van der Waals surface area contributed by atoms with E-state index in [1.807, 2.05) is 18.2 Å². The summed E-state index contributed by atoms with van der Waals surface area (Å²) in [6.07, 6.45) is 3.60. The minimum atomic E-state index is -0.347. The fourth-order valence-electron chi connectivity index (χ4n) is 3.24. The van der Waals surface area contributed by atoms with E-state index in [0.717, 1.165) is 12.8 Å². The zero-order valence-electron chi connectivity index (χ0n) is 15.9. The standard InChI is InChI=1S/C23H22N2O4/c26-21(24-16-23(11-12-23)17-6-2-1-3-7-17)15-29-19-9-4-8-18(14-19)25-22(27)20-10-5-13-28-20/h1-10,13-14H,11-12,15-16H2,(H,24,26)(H,25,27). The first kappa shape index (κ1) is 18.8. The molecule has 0 saturated heterocycles. The largest absolute Gasteiger partial charge is 0.484 e. The molecule has 0 atom stereocenters. The highest BCUT2D eigenvalue weighted by Gasteiger charge is 2.44. The zero-order valence-corrected chi connectivity index (χ0v) is 15.9. The number of hydrogen-bond donors (Lipinski definition) is 2. The Kier molecular flexibility index (Phi) is 5.33. The average Bonchev–Trinajstić information content (AvgIpc) is 3.34. The summed E-state index contributed by atoms with van der Waals surface area (Å²) in [5.74, 6) is 0.211. The zero-order chi connectivity index (χ0) is 20.1. The lowest BCUT2D eigenvalue weighted by atomic mass is 9.96. The van der Waals surface area contributed by atoms with Gasteiger partial charge in [-0.25, -0.2) is 0 Å². The molecule has 1 fully saturated rings. The number of benzene rings is 2. The molecule has 1 saturated carbocycles. The van der Waals surface area contributed by atoms with Crippen LogP contribution in [0.3, 0.4) is 0 Å². The van der Waals surface area contributed by atoms with E-state index >= 15 is 0 Å². The minimum Gasteiger partial charge on any atom is -0.484 e. The summed E-state index contributed by atoms with van der Waals surface area (Å²) in [5, 5.41) is 5.70. The predicted octanol–water partition coefficient (Wildman–Crippen LogP) is 3.76. The van der Waals surface area contributed by atoms with Crippen molar-refractivity contribution in [1.82, 2.24) is 5.32 Å². The van der Waals surface area contributed by atoms with Crippen LogP contribution in [-0.4, -0.2) is 25.0 Å². The quantitative estimate of drug-likeness (QED) is 0.614. The van der Waals surface area contributed by atoms with E-state index < -0.39 is 0 Å². The summed E-state index contributed by atoms with van der Waals surface area (Å²) in [7, 11) is 0. The van der Waals surface area contributed by atoms with Crippen LogP contribution in [0.5, 0.6) is 5.75 Å². The minimum absolute atomic E-state index is 0.0625. The Bertz CT molecular complexity index is 979. The molecule has 2 amide bonds. The first-order chi connectivity index (χ1) is 14.1. The van der Waals surface area contributed by atoms with Crippen molar-refractivity contribution in [3.05, 3.63) is 84.3 Å². The van der Waals surface area contributed by atoms with Gasteiger partial charge in [0, 0.05) is 23.7 Å². The number of furan rings is 1. The summed E-state index contributed by atoms with van der Waals surface area (Å²) < 4.78 is 10.7. The maximum atomic E-state index is 12.2. The van der Waals surface area contributed by atoms with E-state index in [9.17, 15) is 9.59 Å². The Morgan fingerprint density at radius 2 is 1.83 bits per heavy atom. The molecule has 0 spiro atoms. The van der Waals surface area contributed by atoms with Crippen molar-refractivity contribution in [1.29, 1.82) is 0 Å². The first-order valence-electron chi connectivity index (χ1n) is 9.55. The third kappa shape index (κ3) is 4.66. The summed E-state index contributed by atoms with van der Waals surface area (Å²) in [6, 6.07) is 20.4. The Hall–Kier alpha value is -3.54. The lowest BCUT2D eigenvalue weighted by Gasteiger charge is -2.16. The van der Waals surface area contributed by atoms with Gasteiger partial charge in [0.1, 0.15) is 5.75 Å². The highest BCUT2D eigenvalue weighted by Crippen LogP contribution is 2.47. The number of amides is 2. The van der Waals surface area contributed by atoms with Gasteiger partial charge >= 0.3 is 0 Å². The Balaban J connectivity index is 1.27. The molecule has 6 heteroatoms. The molecule has 29 heavy (non-hydrogen) atoms. The van der Waals surface area contributed by atoms with Gasteiger partial charge in [-0.15, -0.1) is 0 Å². The third-order valence-corrected chi connectivity index (χ3v) is 5.07. The second-order valence-electron chi connectivity index (χ2n) is 7.17. The van der Waals surface area contributed by atoms with E-state index in [0.29, 0.717) is 18.0 Å². The molecule has 2 aromatic carbocycles. The normalized spacial score (nSPS) is 14.1. The number of rotatable bonds is 8. The van der Waals surface area contributed by atoms with Crippen molar-refractivity contribution in [2.24, 2.45) is 0 Å². The van der Waals surface area contributed by atoms with Crippen LogP contribution in [0.25, 0.3) is 0 Å². The Morgan fingerprint density at radius 1 is 1.00 bits per heavy atom. The van der Waals surface area contributed by atoms with Crippen LogP contribution in [0.15, 0.2) is 77.4 Å². The van der Waals surface area contributed by atoms with Gasteiger partial charge in [-0.1, -0.05) is 36.4 Å². The van der Waals surface area contributed by atoms with Gasteiger partial charge in [0.2, 0.25) is 0 Å². The van der Waals surface area contributed by atoms with Gasteiger partial charge in [-0.2, -0.15) is 0 Å². The molecule has 2 N–H and O–H groups in total. The number of hydrogen-bond acceptors (Lipinski definition) is 4. The van der Waals surface area contributed by atoms with Gasteiger partial charge in [-0.3, -0.25) is 9.59 Å². The lowest BCUT2D eigenvalue weighted by Crippen LogP contribution is -2.35. The molecule has 0 bridgehead atoms. The topological polar surface area (TPSA) is 80.6 Å². The highest BCUT2D eigenvalue weighted by atomic mass is 16.5. The van der Waals surface area contributed by atoms with Gasteiger partial charge in [-0.05, 0) is 42.7 Å². The van der Waals surface area contributed by atoms with E-state index in [1.165, 1.54) is 11.8 Å². The number of nitrogens with one attached hydrogen (secondary N) is 2. The smallest absolute Gasteiger partial charge is 0.291 e. The van der Waals surface area contributed by atoms with E-state index in [2.05, 4.69) is 22.8 Å². The molecule has 4 rings (SSSR count). The Labute approximate surface area is 168 Å². The highest BCUT2D eigenvalue weighted by molar-refractivity contribution is 6.02. The van der Waals surface area contributed by atoms with E-state index in [1.54, 1.807) is 36.4 Å². The molecule has 0 aliphatic heterocycles. The summed E-state index contributed by atoms with van der Waals surface area (Å²) in [4.78, 5) is 24.3. The molecule has 1 aliphatic rings. The van der Waals surface area contributed by atoms with Crippen LogP contribution in [0.2, 0.25) is 0 Å². The fourth-order valence-corrected chi connectivity index (χ4v) is 3.24. The van der Waals surface area contributed by atoms with Gasteiger partial charge in [0.05, 0.1) is 6.26 Å². The number of ether oxygens (including phenoxy) is 1. The number of anilines is 1. The van der Waals surface area contributed by atoms with Crippen molar-refractivity contribution in [3.63, 3.8) is 0 Å². The number of carbonyl (C=O) groups excluding carboxylic acids is 2. The van der Waals surface area contributed by atoms with E-state index in [-0.39, 0.29) is 29.6 Å². The maximum Gasteiger partial charge on any atom is 0.291 e. The molecular formula is C23H22N2O4. The van der Waals surface area contributed by atoms with Crippen molar-refractivity contribution in [2.75, 3.05) is 18.5 Å². The maximum absolute atomic E-state index is 12.2. The fraction of sp³-hybridized carbons (Fsp3) is 0.217. The molecule has 1 aromatic heterocycles. The van der Waals surface area contributed by atoms with Gasteiger partial charge in [0.25, 0.3) is 11.8 Å². The molecule has 1 aliphatic carbocycles. The van der Waals surface area contributed by atoms with Gasteiger partial charge < -0.3 is 19.8 Å². The van der Waals surface area contributed by atoms with E-state index in [4.69, 9.17) is 9.15 Å². The first-order valence-corrected chi connectivity index (χ1v) is 9.55. The average molecular weight is 390 g/mol. The molecule has 0 unspecified atom stereocenters. The third-order valence-electron chi connectivity index (χ3n) is 5.07. The Morgan fingerprint density at radius 3 is 2.55 bits per heavy atom. The van der Waals surface area contributed by atoms with Crippen LogP contribution in [0.4, 0.5) is 5.69 Å². The monoisotopic (exact) mass is 390 g/mol. The van der Waals surface area contributed by atoms with Crippen molar-refractivity contribution in [3.8, 4) is 5.75 Å². The van der Waals surface area contributed by atoms with Crippen molar-refractivity contribution < 1.29 is 18.7 Å². The van der Waals surface area contributed by atoms with Crippen LogP contribution >= 0.6 is 0 Å². The summed E-state index contributed by atoms with van der Waals surface area (Å²) in [6.45, 7) is 0.527.